The number of nitrogens with zero attached hydrogens (tertiary/aromatic N) is 5. The Kier molecular flexibility index (Phi) is 2.96. The predicted molar refractivity (Wildman–Crippen MR) is 79.9 cm³/mol. The maximum Gasteiger partial charge on any atom is 0.236 e. The van der Waals surface area contributed by atoms with Crippen LogP contribution in [0, 0.1) is 17.2 Å². The second-order valence-electron chi connectivity index (χ2n) is 5.88. The minimum Gasteiger partial charge on any atom is -0.351 e. The normalized spacial score (nSPS) is 23.8. The summed E-state index contributed by atoms with van der Waals surface area (Å²) >= 11 is 0. The molecule has 2 fully saturated rings. The quantitative estimate of drug-likeness (QED) is 0.889. The molecule has 7 nitrogen and oxygen atoms in total. The second kappa shape index (κ2) is 4.98. The Labute approximate surface area is 127 Å². The molecule has 2 aliphatic heterocycles. The molecule has 0 bridgehead atoms. The van der Waals surface area contributed by atoms with Crippen LogP contribution in [-0.4, -0.2) is 51.4 Å². The van der Waals surface area contributed by atoms with Crippen LogP contribution in [0.3, 0.4) is 0 Å². The fraction of sp³-hybridized carbons (Fsp3) is 0.467. The highest BCUT2D eigenvalue weighted by Crippen LogP contribution is 2.36. The first-order chi connectivity index (χ1) is 10.8. The molecule has 2 saturated heterocycles. The number of H-pyrrole nitrogens is 1. The molecule has 7 heteroatoms. The molecule has 0 aromatic carbocycles. The van der Waals surface area contributed by atoms with Gasteiger partial charge >= 0.3 is 0 Å². The molecule has 2 atom stereocenters. The summed E-state index contributed by atoms with van der Waals surface area (Å²) in [4.78, 5) is 27.9. The zero-order valence-electron chi connectivity index (χ0n) is 12.1. The van der Waals surface area contributed by atoms with E-state index < -0.39 is 0 Å². The average molecular weight is 296 g/mol. The number of amides is 1. The van der Waals surface area contributed by atoms with Gasteiger partial charge in [0.1, 0.15) is 24.2 Å². The molecule has 112 valence electrons. The Morgan fingerprint density at radius 2 is 2.36 bits per heavy atom. The number of nitrogens with one attached hydrogen (secondary N) is 1. The van der Waals surface area contributed by atoms with E-state index >= 15 is 0 Å². The number of anilines is 1. The van der Waals surface area contributed by atoms with Crippen molar-refractivity contribution >= 4 is 22.8 Å². The van der Waals surface area contributed by atoms with E-state index in [4.69, 9.17) is 5.26 Å². The number of carbonyl (C=O) groups excluding carboxylic acids is 1. The summed E-state index contributed by atoms with van der Waals surface area (Å²) in [5.41, 5.74) is 0.837. The van der Waals surface area contributed by atoms with E-state index in [0.29, 0.717) is 12.5 Å². The Hall–Kier alpha value is -2.62. The minimum atomic E-state index is -0.0636. The van der Waals surface area contributed by atoms with E-state index in [1.165, 1.54) is 0 Å². The van der Waals surface area contributed by atoms with Crippen LogP contribution in [0.1, 0.15) is 12.8 Å². The lowest BCUT2D eigenvalue weighted by molar-refractivity contribution is -0.129. The number of fused-ring (bicyclic) bond motifs is 2. The zero-order valence-corrected chi connectivity index (χ0v) is 12.1. The monoisotopic (exact) mass is 296 g/mol. The Bertz CT molecular complexity index is 763. The van der Waals surface area contributed by atoms with Crippen molar-refractivity contribution in [2.24, 2.45) is 5.92 Å². The summed E-state index contributed by atoms with van der Waals surface area (Å²) in [6.07, 6.45) is 4.47. The van der Waals surface area contributed by atoms with Crippen LogP contribution in [0.4, 0.5) is 5.82 Å². The van der Waals surface area contributed by atoms with Crippen molar-refractivity contribution in [2.45, 2.75) is 18.9 Å². The summed E-state index contributed by atoms with van der Waals surface area (Å²) < 4.78 is 0. The number of aromatic nitrogens is 3. The van der Waals surface area contributed by atoms with Crippen LogP contribution in [0.2, 0.25) is 0 Å². The van der Waals surface area contributed by atoms with E-state index in [0.717, 1.165) is 36.4 Å². The Morgan fingerprint density at radius 1 is 1.45 bits per heavy atom. The van der Waals surface area contributed by atoms with E-state index in [2.05, 4.69) is 19.9 Å². The lowest BCUT2D eigenvalue weighted by atomic mass is 10.1. The van der Waals surface area contributed by atoms with Gasteiger partial charge in [0.2, 0.25) is 5.91 Å². The first-order valence-electron chi connectivity index (χ1n) is 7.47. The lowest BCUT2D eigenvalue weighted by Crippen LogP contribution is -2.37. The van der Waals surface area contributed by atoms with Crippen LogP contribution in [-0.2, 0) is 4.79 Å². The van der Waals surface area contributed by atoms with Gasteiger partial charge in [0.15, 0.2) is 0 Å². The summed E-state index contributed by atoms with van der Waals surface area (Å²) in [5.74, 6) is 1.34. The number of likely N-dealkylation sites (tertiary alicyclic amines) is 1. The van der Waals surface area contributed by atoms with Crippen molar-refractivity contribution in [3.8, 4) is 6.07 Å². The summed E-state index contributed by atoms with van der Waals surface area (Å²) in [6.45, 7) is 2.39. The molecule has 2 unspecified atom stereocenters. The van der Waals surface area contributed by atoms with Crippen molar-refractivity contribution in [1.29, 1.82) is 5.26 Å². The topological polar surface area (TPSA) is 88.9 Å². The molecule has 0 spiro atoms. The second-order valence-corrected chi connectivity index (χ2v) is 5.88. The van der Waals surface area contributed by atoms with E-state index in [9.17, 15) is 4.79 Å². The van der Waals surface area contributed by atoms with E-state index in [1.807, 2.05) is 23.2 Å². The van der Waals surface area contributed by atoms with Gasteiger partial charge in [0, 0.05) is 31.7 Å². The van der Waals surface area contributed by atoms with Crippen molar-refractivity contribution in [2.75, 3.05) is 24.5 Å². The summed E-state index contributed by atoms with van der Waals surface area (Å²) in [6, 6.07) is 4.22. The summed E-state index contributed by atoms with van der Waals surface area (Å²) in [7, 11) is 0. The van der Waals surface area contributed by atoms with Crippen LogP contribution in [0.15, 0.2) is 18.6 Å². The van der Waals surface area contributed by atoms with Gasteiger partial charge in [-0.05, 0) is 12.5 Å². The molecule has 1 N–H and O–H groups in total. The van der Waals surface area contributed by atoms with Gasteiger partial charge in [-0.25, -0.2) is 9.97 Å². The number of hydrogen-bond donors (Lipinski definition) is 1. The Balaban J connectivity index is 1.61. The van der Waals surface area contributed by atoms with Crippen LogP contribution < -0.4 is 4.90 Å². The van der Waals surface area contributed by atoms with E-state index in [-0.39, 0.29) is 18.4 Å². The van der Waals surface area contributed by atoms with Crippen molar-refractivity contribution in [3.05, 3.63) is 18.6 Å². The molecule has 22 heavy (non-hydrogen) atoms. The molecule has 1 amide bonds. The highest BCUT2D eigenvalue weighted by Gasteiger charge is 2.43. The molecular weight excluding hydrogens is 280 g/mol. The van der Waals surface area contributed by atoms with Gasteiger partial charge in [-0.2, -0.15) is 5.26 Å². The number of aromatic amines is 1. The van der Waals surface area contributed by atoms with E-state index in [1.54, 1.807) is 6.33 Å². The van der Waals surface area contributed by atoms with Gasteiger partial charge in [-0.1, -0.05) is 0 Å². The molecular formula is C15H16N6O. The van der Waals surface area contributed by atoms with Gasteiger partial charge < -0.3 is 14.8 Å². The fourth-order valence-electron chi connectivity index (χ4n) is 3.70. The summed E-state index contributed by atoms with van der Waals surface area (Å²) in [5, 5.41) is 9.71. The molecule has 2 aromatic heterocycles. The standard InChI is InChI=1S/C15H16N6O/c16-4-1-13(22)20-7-10-3-6-21(12(10)8-20)15-11-2-5-17-14(11)18-9-19-15/h2,5,9-10,12H,1,3,6-8H2,(H,17,18,19). The molecule has 0 aliphatic carbocycles. The average Bonchev–Trinajstić information content (AvgIpc) is 3.21. The van der Waals surface area contributed by atoms with Crippen LogP contribution >= 0.6 is 0 Å². The highest BCUT2D eigenvalue weighted by molar-refractivity contribution is 5.87. The molecule has 0 saturated carbocycles. The third-order valence-corrected chi connectivity index (χ3v) is 4.74. The first kappa shape index (κ1) is 13.1. The zero-order chi connectivity index (χ0) is 15.1. The van der Waals surface area contributed by atoms with Crippen molar-refractivity contribution in [1.82, 2.24) is 19.9 Å². The number of carbonyl (C=O) groups is 1. The minimum absolute atomic E-state index is 0.0327. The third-order valence-electron chi connectivity index (χ3n) is 4.74. The van der Waals surface area contributed by atoms with Gasteiger partial charge in [-0.3, -0.25) is 4.79 Å². The highest BCUT2D eigenvalue weighted by atomic mass is 16.2. The SMILES string of the molecule is N#CCC(=O)N1CC2CCN(c3ncnc4[nH]ccc34)C2C1. The maximum atomic E-state index is 11.9. The van der Waals surface area contributed by atoms with Crippen LogP contribution in [0.5, 0.6) is 0 Å². The van der Waals surface area contributed by atoms with Crippen molar-refractivity contribution in [3.63, 3.8) is 0 Å². The third kappa shape index (κ3) is 1.91. The first-order valence-corrected chi connectivity index (χ1v) is 7.47. The smallest absolute Gasteiger partial charge is 0.236 e. The van der Waals surface area contributed by atoms with Gasteiger partial charge in [-0.15, -0.1) is 0 Å². The van der Waals surface area contributed by atoms with Gasteiger partial charge in [0.05, 0.1) is 17.5 Å². The molecule has 0 radical (unpaired) electrons. The molecule has 4 rings (SSSR count). The predicted octanol–water partition coefficient (Wildman–Crippen LogP) is 0.909. The molecule has 2 aromatic rings. The number of hydrogen-bond acceptors (Lipinski definition) is 5. The fourth-order valence-corrected chi connectivity index (χ4v) is 3.70. The largest absolute Gasteiger partial charge is 0.351 e. The van der Waals surface area contributed by atoms with Crippen LogP contribution in [0.25, 0.3) is 11.0 Å². The lowest BCUT2D eigenvalue weighted by Gasteiger charge is -2.26. The number of rotatable bonds is 2. The molecule has 4 heterocycles. The Morgan fingerprint density at radius 3 is 3.23 bits per heavy atom. The van der Waals surface area contributed by atoms with Crippen molar-refractivity contribution < 1.29 is 4.79 Å². The van der Waals surface area contributed by atoms with Gasteiger partial charge in [0.25, 0.3) is 0 Å². The molecule has 2 aliphatic rings. The maximum absolute atomic E-state index is 11.9. The number of nitriles is 1.